The number of nitrogens with zero attached hydrogens (tertiary/aromatic N) is 2. The van der Waals surface area contributed by atoms with Gasteiger partial charge in [0.05, 0.1) is 5.39 Å². The molecule has 0 amide bonds. The molecule has 0 fully saturated rings. The third-order valence-electron chi connectivity index (χ3n) is 2.71. The fourth-order valence-electron chi connectivity index (χ4n) is 1.52. The van der Waals surface area contributed by atoms with Gasteiger partial charge in [-0.25, -0.2) is 9.97 Å². The average molecular weight is 304 g/mol. The van der Waals surface area contributed by atoms with Crippen LogP contribution < -0.4 is 5.32 Å². The van der Waals surface area contributed by atoms with E-state index in [4.69, 9.17) is 11.6 Å². The third kappa shape index (κ3) is 3.18. The zero-order valence-corrected chi connectivity index (χ0v) is 12.5. The first-order chi connectivity index (χ1) is 8.58. The molecule has 2 aromatic rings. The van der Waals surface area contributed by atoms with Crippen molar-refractivity contribution >= 4 is 49.8 Å². The molecule has 0 spiro atoms. The summed E-state index contributed by atoms with van der Waals surface area (Å²) in [5.74, 6) is 0.750. The Morgan fingerprint density at radius 3 is 3.06 bits per heavy atom. The molecule has 98 valence electrons. The lowest BCUT2D eigenvalue weighted by Gasteiger charge is -2.10. The first-order valence-corrected chi connectivity index (χ1v) is 8.42. The molecule has 0 aliphatic heterocycles. The fraction of sp³-hybridized carbons (Fsp3) is 0.455. The number of hydrogen-bond acceptors (Lipinski definition) is 5. The Bertz CT molecular complexity index is 572. The van der Waals surface area contributed by atoms with Crippen molar-refractivity contribution in [3.8, 4) is 0 Å². The standard InChI is InChI=1S/C11H14ClN3OS2/c1-7(18(2)16)3-5-13-9-8-4-6-17-10(8)15-11(12)14-9/h4,6-7H,3,5H2,1-2H3,(H,13,14,15). The Morgan fingerprint density at radius 1 is 1.56 bits per heavy atom. The highest BCUT2D eigenvalue weighted by Crippen LogP contribution is 2.26. The number of rotatable bonds is 5. The Labute approximate surface area is 117 Å². The Balaban J connectivity index is 2.07. The number of thiophene rings is 1. The van der Waals surface area contributed by atoms with Gasteiger partial charge >= 0.3 is 0 Å². The van der Waals surface area contributed by atoms with Gasteiger partial charge in [-0.05, 0) is 29.5 Å². The van der Waals surface area contributed by atoms with Crippen molar-refractivity contribution in [3.05, 3.63) is 16.7 Å². The lowest BCUT2D eigenvalue weighted by Crippen LogP contribution is -2.15. The SMILES string of the molecule is CC(CCNc1nc(Cl)nc2sccc12)S(C)=O. The van der Waals surface area contributed by atoms with E-state index in [0.717, 1.165) is 29.0 Å². The predicted molar refractivity (Wildman–Crippen MR) is 79.1 cm³/mol. The number of nitrogens with one attached hydrogen (secondary N) is 1. The topological polar surface area (TPSA) is 54.9 Å². The van der Waals surface area contributed by atoms with Crippen LogP contribution in [-0.4, -0.2) is 32.2 Å². The van der Waals surface area contributed by atoms with Gasteiger partial charge in [-0.15, -0.1) is 11.3 Å². The van der Waals surface area contributed by atoms with Gasteiger partial charge in [0.2, 0.25) is 5.28 Å². The van der Waals surface area contributed by atoms with Gasteiger partial charge < -0.3 is 5.32 Å². The molecule has 2 atom stereocenters. The molecule has 4 nitrogen and oxygen atoms in total. The summed E-state index contributed by atoms with van der Waals surface area (Å²) in [5.41, 5.74) is 0. The van der Waals surface area contributed by atoms with Crippen LogP contribution in [0.3, 0.4) is 0 Å². The molecule has 0 aliphatic carbocycles. The molecule has 0 saturated carbocycles. The summed E-state index contributed by atoms with van der Waals surface area (Å²) in [6, 6.07) is 1.97. The summed E-state index contributed by atoms with van der Waals surface area (Å²) in [5, 5.41) is 6.60. The van der Waals surface area contributed by atoms with Gasteiger partial charge in [-0.1, -0.05) is 6.92 Å². The second-order valence-electron chi connectivity index (χ2n) is 4.01. The molecule has 2 heterocycles. The molecule has 2 unspecified atom stereocenters. The molecule has 0 aliphatic rings. The quantitative estimate of drug-likeness (QED) is 0.863. The summed E-state index contributed by atoms with van der Waals surface area (Å²) in [4.78, 5) is 9.22. The Morgan fingerprint density at radius 2 is 2.33 bits per heavy atom. The highest BCUT2D eigenvalue weighted by Gasteiger charge is 2.09. The molecule has 1 N–H and O–H groups in total. The summed E-state index contributed by atoms with van der Waals surface area (Å²) in [6.45, 7) is 2.70. The van der Waals surface area contributed by atoms with E-state index in [0.29, 0.717) is 0 Å². The molecule has 0 radical (unpaired) electrons. The van der Waals surface area contributed by atoms with E-state index in [1.165, 1.54) is 11.3 Å². The van der Waals surface area contributed by atoms with Gasteiger partial charge in [0.1, 0.15) is 10.6 Å². The van der Waals surface area contributed by atoms with Crippen molar-refractivity contribution in [2.75, 3.05) is 18.1 Å². The monoisotopic (exact) mass is 303 g/mol. The van der Waals surface area contributed by atoms with Crippen LogP contribution in [0.1, 0.15) is 13.3 Å². The molecule has 7 heteroatoms. The highest BCUT2D eigenvalue weighted by atomic mass is 35.5. The van der Waals surface area contributed by atoms with Crippen LogP contribution >= 0.6 is 22.9 Å². The van der Waals surface area contributed by atoms with Crippen LogP contribution in [-0.2, 0) is 10.8 Å². The average Bonchev–Trinajstić information content (AvgIpc) is 2.76. The van der Waals surface area contributed by atoms with Crippen LogP contribution in [0.2, 0.25) is 5.28 Å². The van der Waals surface area contributed by atoms with Gasteiger partial charge in [-0.3, -0.25) is 4.21 Å². The third-order valence-corrected chi connectivity index (χ3v) is 5.05. The van der Waals surface area contributed by atoms with Crippen LogP contribution in [0, 0.1) is 0 Å². The predicted octanol–water partition coefficient (Wildman–Crippen LogP) is 2.91. The first kappa shape index (κ1) is 13.7. The second kappa shape index (κ2) is 5.95. The van der Waals surface area contributed by atoms with E-state index in [2.05, 4.69) is 15.3 Å². The van der Waals surface area contributed by atoms with Gasteiger partial charge in [-0.2, -0.15) is 0 Å². The van der Waals surface area contributed by atoms with E-state index in [9.17, 15) is 4.21 Å². The summed E-state index contributed by atoms with van der Waals surface area (Å²) < 4.78 is 11.2. The molecule has 18 heavy (non-hydrogen) atoms. The number of hydrogen-bond donors (Lipinski definition) is 1. The maximum absolute atomic E-state index is 11.2. The Hall–Kier alpha value is -0.720. The summed E-state index contributed by atoms with van der Waals surface area (Å²) in [7, 11) is -0.789. The van der Waals surface area contributed by atoms with Gasteiger partial charge in [0.15, 0.2) is 0 Å². The minimum Gasteiger partial charge on any atom is -0.369 e. The smallest absolute Gasteiger partial charge is 0.225 e. The molecular weight excluding hydrogens is 290 g/mol. The first-order valence-electron chi connectivity index (χ1n) is 5.55. The van der Waals surface area contributed by atoms with Crippen LogP contribution in [0.4, 0.5) is 5.82 Å². The molecule has 2 rings (SSSR count). The van der Waals surface area contributed by atoms with E-state index in [1.807, 2.05) is 18.4 Å². The zero-order valence-electron chi connectivity index (χ0n) is 10.1. The van der Waals surface area contributed by atoms with E-state index >= 15 is 0 Å². The van der Waals surface area contributed by atoms with Crippen LogP contribution in [0.5, 0.6) is 0 Å². The van der Waals surface area contributed by atoms with E-state index in [-0.39, 0.29) is 10.5 Å². The van der Waals surface area contributed by atoms with Crippen molar-refractivity contribution in [1.29, 1.82) is 0 Å². The largest absolute Gasteiger partial charge is 0.369 e. The highest BCUT2D eigenvalue weighted by molar-refractivity contribution is 7.84. The van der Waals surface area contributed by atoms with Crippen LogP contribution in [0.15, 0.2) is 11.4 Å². The van der Waals surface area contributed by atoms with Crippen molar-refractivity contribution in [2.24, 2.45) is 0 Å². The molecule has 0 saturated heterocycles. The second-order valence-corrected chi connectivity index (χ2v) is 7.04. The van der Waals surface area contributed by atoms with E-state index in [1.54, 1.807) is 6.26 Å². The Kier molecular flexibility index (Phi) is 4.53. The molecule has 0 aromatic carbocycles. The molecule has 2 aromatic heterocycles. The number of fused-ring (bicyclic) bond motifs is 1. The van der Waals surface area contributed by atoms with Crippen molar-refractivity contribution in [2.45, 2.75) is 18.6 Å². The summed E-state index contributed by atoms with van der Waals surface area (Å²) >= 11 is 7.40. The number of aromatic nitrogens is 2. The normalized spacial score (nSPS) is 14.6. The zero-order chi connectivity index (χ0) is 13.1. The maximum Gasteiger partial charge on any atom is 0.225 e. The summed E-state index contributed by atoms with van der Waals surface area (Å²) in [6.07, 6.45) is 2.56. The van der Waals surface area contributed by atoms with Crippen molar-refractivity contribution < 1.29 is 4.21 Å². The van der Waals surface area contributed by atoms with Crippen LogP contribution in [0.25, 0.3) is 10.2 Å². The van der Waals surface area contributed by atoms with Gasteiger partial charge in [0.25, 0.3) is 0 Å². The maximum atomic E-state index is 11.2. The van der Waals surface area contributed by atoms with Gasteiger partial charge in [0, 0.05) is 28.9 Å². The number of halogens is 1. The number of anilines is 1. The van der Waals surface area contributed by atoms with Crippen molar-refractivity contribution in [1.82, 2.24) is 9.97 Å². The lowest BCUT2D eigenvalue weighted by atomic mass is 10.3. The van der Waals surface area contributed by atoms with E-state index < -0.39 is 10.8 Å². The fourth-order valence-corrected chi connectivity index (χ4v) is 2.96. The molecule has 0 bridgehead atoms. The minimum atomic E-state index is -0.789. The van der Waals surface area contributed by atoms with Crippen molar-refractivity contribution in [3.63, 3.8) is 0 Å². The lowest BCUT2D eigenvalue weighted by molar-refractivity contribution is 0.672. The minimum absolute atomic E-state index is 0.174. The molecular formula is C11H14ClN3OS2.